The molecule has 0 atom stereocenters. The second-order valence-electron chi connectivity index (χ2n) is 11.7. The Kier molecular flexibility index (Phi) is 9.81. The number of amides is 2. The molecular formula is C37H26N8O11. The molecule has 19 nitrogen and oxygen atoms in total. The molecule has 0 fully saturated rings. The lowest BCUT2D eigenvalue weighted by atomic mass is 10.0. The molecule has 0 saturated carbocycles. The normalized spacial score (nSPS) is 11.3. The summed E-state index contributed by atoms with van der Waals surface area (Å²) < 4.78 is 0. The number of aromatic hydroxyl groups is 2. The smallest absolute Gasteiger partial charge is 0.340 e. The van der Waals surface area contributed by atoms with Crippen molar-refractivity contribution in [1.29, 1.82) is 0 Å². The highest BCUT2D eigenvalue weighted by Crippen LogP contribution is 2.45. The summed E-state index contributed by atoms with van der Waals surface area (Å²) in [5.41, 5.74) is 7.68. The van der Waals surface area contributed by atoms with E-state index in [0.717, 1.165) is 12.1 Å². The first kappa shape index (κ1) is 37.2. The number of hydrogen-bond acceptors (Lipinski definition) is 13. The van der Waals surface area contributed by atoms with Crippen LogP contribution in [0.2, 0.25) is 0 Å². The second-order valence-corrected chi connectivity index (χ2v) is 11.7. The molecule has 0 radical (unpaired) electrons. The van der Waals surface area contributed by atoms with Gasteiger partial charge in [-0.2, -0.15) is 0 Å². The van der Waals surface area contributed by atoms with Gasteiger partial charge >= 0.3 is 29.9 Å². The lowest BCUT2D eigenvalue weighted by Gasteiger charge is -2.15. The first-order valence-electron chi connectivity index (χ1n) is 15.9. The van der Waals surface area contributed by atoms with Gasteiger partial charge in [-0.25, -0.2) is 24.0 Å². The number of carboxylic acids is 4. The number of rotatable bonds is 10. The first-order chi connectivity index (χ1) is 26.7. The van der Waals surface area contributed by atoms with Gasteiger partial charge in [0.15, 0.2) is 11.5 Å². The number of fused-ring (bicyclic) bond motifs is 2. The Morgan fingerprint density at radius 3 is 1.16 bits per heavy atom. The SMILES string of the molecule is Nc1c(O)c(C(=O)O)c2ccccc2c1N=Nc1cccc(C(=O)O)c1NC(=O)Nc1c(N=Nc2c(N)c(O)c(C(=O)O)c3ccccc23)cccc1C(=O)O. The van der Waals surface area contributed by atoms with Crippen molar-refractivity contribution < 1.29 is 54.6 Å². The molecule has 0 aliphatic heterocycles. The lowest BCUT2D eigenvalue weighted by Crippen LogP contribution is -2.22. The largest absolute Gasteiger partial charge is 0.505 e. The van der Waals surface area contributed by atoms with Crippen LogP contribution < -0.4 is 22.1 Å². The second kappa shape index (κ2) is 14.8. The minimum atomic E-state index is -1.51. The molecule has 0 heterocycles. The zero-order valence-corrected chi connectivity index (χ0v) is 28.3. The number of nitrogens with one attached hydrogen (secondary N) is 2. The van der Waals surface area contributed by atoms with Crippen LogP contribution >= 0.6 is 0 Å². The molecule has 19 heteroatoms. The predicted molar refractivity (Wildman–Crippen MR) is 202 cm³/mol. The Labute approximate surface area is 312 Å². The fourth-order valence-corrected chi connectivity index (χ4v) is 5.83. The molecule has 0 aliphatic rings. The monoisotopic (exact) mass is 758 g/mol. The van der Waals surface area contributed by atoms with Crippen LogP contribution in [-0.2, 0) is 0 Å². The van der Waals surface area contributed by atoms with Gasteiger partial charge in [0, 0.05) is 21.5 Å². The first-order valence-corrected chi connectivity index (χ1v) is 15.9. The number of benzene rings is 6. The van der Waals surface area contributed by atoms with Gasteiger partial charge < -0.3 is 52.7 Å². The van der Waals surface area contributed by atoms with Crippen LogP contribution in [0.3, 0.4) is 0 Å². The number of anilines is 4. The molecule has 12 N–H and O–H groups in total. The molecule has 0 aromatic heterocycles. The van der Waals surface area contributed by atoms with E-state index in [1.165, 1.54) is 60.7 Å². The number of carboxylic acid groups (broad SMARTS) is 4. The van der Waals surface area contributed by atoms with Gasteiger partial charge in [-0.1, -0.05) is 60.7 Å². The highest BCUT2D eigenvalue weighted by Gasteiger charge is 2.25. The van der Waals surface area contributed by atoms with Crippen molar-refractivity contribution in [2.75, 3.05) is 22.1 Å². The van der Waals surface area contributed by atoms with E-state index in [1.54, 1.807) is 12.1 Å². The Morgan fingerprint density at radius 1 is 0.464 bits per heavy atom. The molecule has 0 unspecified atom stereocenters. The van der Waals surface area contributed by atoms with Crippen LogP contribution in [0.25, 0.3) is 21.5 Å². The highest BCUT2D eigenvalue weighted by molar-refractivity contribution is 6.15. The molecule has 2 amide bonds. The number of hydrogen-bond donors (Lipinski definition) is 10. The van der Waals surface area contributed by atoms with Gasteiger partial charge in [0.2, 0.25) is 0 Å². The van der Waals surface area contributed by atoms with Crippen molar-refractivity contribution in [2.24, 2.45) is 20.5 Å². The summed E-state index contributed by atoms with van der Waals surface area (Å²) in [7, 11) is 0. The zero-order chi connectivity index (χ0) is 40.4. The Balaban J connectivity index is 1.40. The molecule has 280 valence electrons. The average molecular weight is 759 g/mol. The zero-order valence-electron chi connectivity index (χ0n) is 28.3. The minimum absolute atomic E-state index is 0.0765. The average Bonchev–Trinajstić information content (AvgIpc) is 3.15. The van der Waals surface area contributed by atoms with E-state index in [-0.39, 0.29) is 44.3 Å². The number of nitrogens with zero attached hydrogens (tertiary/aromatic N) is 4. The van der Waals surface area contributed by atoms with Crippen LogP contribution in [0.1, 0.15) is 41.4 Å². The van der Waals surface area contributed by atoms with Crippen LogP contribution in [0.4, 0.5) is 50.3 Å². The van der Waals surface area contributed by atoms with E-state index in [4.69, 9.17) is 11.5 Å². The minimum Gasteiger partial charge on any atom is -0.505 e. The molecule has 6 rings (SSSR count). The molecule has 56 heavy (non-hydrogen) atoms. The molecule has 6 aromatic carbocycles. The number of nitrogen functional groups attached to an aromatic ring is 2. The van der Waals surface area contributed by atoms with Crippen LogP contribution in [0.5, 0.6) is 11.5 Å². The number of urea groups is 1. The fraction of sp³-hybridized carbons (Fsp3) is 0. The Bertz CT molecular complexity index is 2560. The van der Waals surface area contributed by atoms with Crippen molar-refractivity contribution >= 4 is 97.0 Å². The number of carbonyl (C=O) groups is 5. The van der Waals surface area contributed by atoms with Gasteiger partial charge in [0.1, 0.15) is 45.3 Å². The maximum Gasteiger partial charge on any atom is 0.340 e. The van der Waals surface area contributed by atoms with E-state index in [0.29, 0.717) is 0 Å². The van der Waals surface area contributed by atoms with Gasteiger partial charge in [0.05, 0.1) is 22.5 Å². The van der Waals surface area contributed by atoms with E-state index in [9.17, 15) is 54.6 Å². The van der Waals surface area contributed by atoms with Crippen molar-refractivity contribution in [3.8, 4) is 11.5 Å². The third kappa shape index (κ3) is 6.72. The third-order valence-electron chi connectivity index (χ3n) is 8.36. The van der Waals surface area contributed by atoms with Crippen LogP contribution in [-0.4, -0.2) is 60.5 Å². The third-order valence-corrected chi connectivity index (χ3v) is 8.36. The number of azo groups is 2. The molecular weight excluding hydrogens is 732 g/mol. The summed E-state index contributed by atoms with van der Waals surface area (Å²) in [5.74, 6) is -7.49. The maximum atomic E-state index is 13.6. The summed E-state index contributed by atoms with van der Waals surface area (Å²) in [6.45, 7) is 0. The predicted octanol–water partition coefficient (Wildman–Crippen LogP) is 7.84. The molecule has 6 aromatic rings. The molecule has 0 aliphatic carbocycles. The summed E-state index contributed by atoms with van der Waals surface area (Å²) in [6, 6.07) is 18.2. The van der Waals surface area contributed by atoms with Gasteiger partial charge in [0.25, 0.3) is 0 Å². The fourth-order valence-electron chi connectivity index (χ4n) is 5.83. The quantitative estimate of drug-likeness (QED) is 0.0362. The van der Waals surface area contributed by atoms with Crippen molar-refractivity contribution in [3.63, 3.8) is 0 Å². The van der Waals surface area contributed by atoms with Crippen molar-refractivity contribution in [3.05, 3.63) is 107 Å². The van der Waals surface area contributed by atoms with Crippen molar-refractivity contribution in [1.82, 2.24) is 0 Å². The molecule has 0 saturated heterocycles. The van der Waals surface area contributed by atoms with Crippen molar-refractivity contribution in [2.45, 2.75) is 0 Å². The van der Waals surface area contributed by atoms with Crippen LogP contribution in [0, 0.1) is 0 Å². The van der Waals surface area contributed by atoms with E-state index >= 15 is 0 Å². The molecule has 0 spiro atoms. The van der Waals surface area contributed by atoms with E-state index < -0.39 is 86.4 Å². The number of carbonyl (C=O) groups excluding carboxylic acids is 1. The van der Waals surface area contributed by atoms with E-state index in [2.05, 4.69) is 31.1 Å². The maximum absolute atomic E-state index is 13.6. The highest BCUT2D eigenvalue weighted by atomic mass is 16.4. The lowest BCUT2D eigenvalue weighted by molar-refractivity contribution is 0.0684. The topological polar surface area (TPSA) is 332 Å². The summed E-state index contributed by atoms with van der Waals surface area (Å²) in [5, 5.41) is 82.1. The summed E-state index contributed by atoms with van der Waals surface area (Å²) in [4.78, 5) is 61.9. The van der Waals surface area contributed by atoms with Crippen LogP contribution in [0.15, 0.2) is 105 Å². The summed E-state index contributed by atoms with van der Waals surface area (Å²) in [6.07, 6.45) is 0. The van der Waals surface area contributed by atoms with Gasteiger partial charge in [-0.05, 0) is 24.3 Å². The Hall–Kier alpha value is -8.61. The van der Waals surface area contributed by atoms with Gasteiger partial charge in [-0.15, -0.1) is 20.5 Å². The molecule has 0 bridgehead atoms. The number of phenols is 2. The number of nitrogens with two attached hydrogens (primary N) is 2. The summed E-state index contributed by atoms with van der Waals surface area (Å²) >= 11 is 0. The number of aromatic carboxylic acids is 4. The Morgan fingerprint density at radius 2 is 0.821 bits per heavy atom. The van der Waals surface area contributed by atoms with E-state index in [1.807, 2.05) is 0 Å². The van der Waals surface area contributed by atoms with Gasteiger partial charge in [-0.3, -0.25) is 0 Å². The number of para-hydroxylation sites is 2. The standard InChI is InChI=1S/C37H26N8O11/c38-25-29(17-9-3-1-7-15(17)23(31(25)46)35(52)53)44-42-21-13-5-11-19(33(48)49)27(21)40-37(56)41-28-20(34(50)51)12-6-14-22(28)43-45-30-18-10-4-2-8-16(18)24(36(54)55)32(47)26(30)39/h1-14,46-47H,38-39H2,(H,48,49)(H,50,51)(H,52,53)(H,54,55)(H2,40,41,56).